The first-order valence-electron chi connectivity index (χ1n) is 8.62. The van der Waals surface area contributed by atoms with Gasteiger partial charge in [0.1, 0.15) is 11.5 Å². The van der Waals surface area contributed by atoms with Crippen LogP contribution in [0.25, 0.3) is 0 Å². The molecule has 1 heterocycles. The van der Waals surface area contributed by atoms with E-state index >= 15 is 0 Å². The van der Waals surface area contributed by atoms with E-state index in [0.29, 0.717) is 22.5 Å². The van der Waals surface area contributed by atoms with E-state index < -0.39 is 0 Å². The van der Waals surface area contributed by atoms with Gasteiger partial charge < -0.3 is 10.1 Å². The van der Waals surface area contributed by atoms with Crippen LogP contribution in [0.1, 0.15) is 13.8 Å². The SMILES string of the molecule is CC(C)Cn1nnnc1SCC(=O)Nc1cccc(Oc2ccccc2)c1. The molecule has 0 unspecified atom stereocenters. The summed E-state index contributed by atoms with van der Waals surface area (Å²) in [6.45, 7) is 4.90. The Morgan fingerprint density at radius 2 is 1.93 bits per heavy atom. The third kappa shape index (κ3) is 5.82. The van der Waals surface area contributed by atoms with Crippen LogP contribution in [0, 0.1) is 5.92 Å². The first kappa shape index (κ1) is 18.9. The maximum Gasteiger partial charge on any atom is 0.234 e. The molecule has 0 saturated heterocycles. The number of nitrogens with one attached hydrogen (secondary N) is 1. The lowest BCUT2D eigenvalue weighted by molar-refractivity contribution is -0.113. The van der Waals surface area contributed by atoms with Crippen molar-refractivity contribution in [1.29, 1.82) is 0 Å². The van der Waals surface area contributed by atoms with E-state index in [1.54, 1.807) is 10.7 Å². The van der Waals surface area contributed by atoms with Crippen LogP contribution >= 0.6 is 11.8 Å². The second kappa shape index (κ2) is 9.18. The molecule has 0 atom stereocenters. The Morgan fingerprint density at radius 1 is 1.15 bits per heavy atom. The number of nitrogens with zero attached hydrogens (tertiary/aromatic N) is 4. The predicted molar refractivity (Wildman–Crippen MR) is 105 cm³/mol. The van der Waals surface area contributed by atoms with Crippen LogP contribution in [0.15, 0.2) is 59.8 Å². The number of anilines is 1. The molecule has 1 amide bonds. The highest BCUT2D eigenvalue weighted by atomic mass is 32.2. The number of aromatic nitrogens is 4. The minimum absolute atomic E-state index is 0.129. The zero-order chi connectivity index (χ0) is 19.1. The molecule has 1 N–H and O–H groups in total. The van der Waals surface area contributed by atoms with E-state index in [-0.39, 0.29) is 11.7 Å². The van der Waals surface area contributed by atoms with E-state index in [0.717, 1.165) is 12.3 Å². The van der Waals surface area contributed by atoms with Gasteiger partial charge in [-0.2, -0.15) is 0 Å². The van der Waals surface area contributed by atoms with E-state index in [9.17, 15) is 4.79 Å². The lowest BCUT2D eigenvalue weighted by Crippen LogP contribution is -2.15. The monoisotopic (exact) mass is 383 g/mol. The molecule has 3 rings (SSSR count). The molecule has 0 fully saturated rings. The molecular formula is C19H21N5O2S. The third-order valence-electron chi connectivity index (χ3n) is 3.47. The Morgan fingerprint density at radius 3 is 2.70 bits per heavy atom. The van der Waals surface area contributed by atoms with Gasteiger partial charge in [0.05, 0.1) is 5.75 Å². The van der Waals surface area contributed by atoms with Gasteiger partial charge in [-0.05, 0) is 40.6 Å². The van der Waals surface area contributed by atoms with Crippen LogP contribution in [0.5, 0.6) is 11.5 Å². The van der Waals surface area contributed by atoms with Crippen molar-refractivity contribution in [1.82, 2.24) is 20.2 Å². The van der Waals surface area contributed by atoms with E-state index in [2.05, 4.69) is 34.7 Å². The Balaban J connectivity index is 1.55. The van der Waals surface area contributed by atoms with E-state index in [1.807, 2.05) is 48.5 Å². The first-order valence-corrected chi connectivity index (χ1v) is 9.60. The molecule has 0 aliphatic carbocycles. The average molecular weight is 383 g/mol. The summed E-state index contributed by atoms with van der Waals surface area (Å²) in [5.41, 5.74) is 0.677. The zero-order valence-corrected chi connectivity index (χ0v) is 16.0. The van der Waals surface area contributed by atoms with Gasteiger partial charge in [-0.1, -0.05) is 49.9 Å². The van der Waals surface area contributed by atoms with Crippen molar-refractivity contribution in [2.24, 2.45) is 5.92 Å². The van der Waals surface area contributed by atoms with Crippen molar-refractivity contribution in [3.05, 3.63) is 54.6 Å². The molecule has 140 valence electrons. The van der Waals surface area contributed by atoms with Crippen LogP contribution in [0.4, 0.5) is 5.69 Å². The molecule has 0 radical (unpaired) electrons. The summed E-state index contributed by atoms with van der Waals surface area (Å²) in [4.78, 5) is 12.3. The van der Waals surface area contributed by atoms with Crippen molar-refractivity contribution >= 4 is 23.4 Å². The zero-order valence-electron chi connectivity index (χ0n) is 15.2. The van der Waals surface area contributed by atoms with Crippen LogP contribution < -0.4 is 10.1 Å². The smallest absolute Gasteiger partial charge is 0.234 e. The fraction of sp³-hybridized carbons (Fsp3) is 0.263. The summed E-state index contributed by atoms with van der Waals surface area (Å²) in [5.74, 6) is 1.92. The Labute approximate surface area is 162 Å². The van der Waals surface area contributed by atoms with Crippen molar-refractivity contribution in [3.63, 3.8) is 0 Å². The topological polar surface area (TPSA) is 81.9 Å². The molecule has 1 aromatic heterocycles. The van der Waals surface area contributed by atoms with Gasteiger partial charge in [0.25, 0.3) is 0 Å². The molecule has 0 aliphatic heterocycles. The van der Waals surface area contributed by atoms with Gasteiger partial charge in [0.2, 0.25) is 11.1 Å². The number of amides is 1. The number of hydrogen-bond donors (Lipinski definition) is 1. The highest BCUT2D eigenvalue weighted by molar-refractivity contribution is 7.99. The Hall–Kier alpha value is -2.87. The molecule has 8 heteroatoms. The highest BCUT2D eigenvalue weighted by Crippen LogP contribution is 2.24. The second-order valence-electron chi connectivity index (χ2n) is 6.32. The molecule has 0 aliphatic rings. The van der Waals surface area contributed by atoms with Crippen LogP contribution in [-0.2, 0) is 11.3 Å². The van der Waals surface area contributed by atoms with Crippen molar-refractivity contribution in [3.8, 4) is 11.5 Å². The molecule has 0 spiro atoms. The van der Waals surface area contributed by atoms with Gasteiger partial charge in [-0.25, -0.2) is 4.68 Å². The normalized spacial score (nSPS) is 10.8. The largest absolute Gasteiger partial charge is 0.457 e. The maximum absolute atomic E-state index is 12.3. The van der Waals surface area contributed by atoms with Crippen LogP contribution in [-0.4, -0.2) is 31.9 Å². The van der Waals surface area contributed by atoms with Crippen LogP contribution in [0.3, 0.4) is 0 Å². The van der Waals surface area contributed by atoms with E-state index in [1.165, 1.54) is 11.8 Å². The number of ether oxygens (including phenoxy) is 1. The summed E-state index contributed by atoms with van der Waals surface area (Å²) in [5, 5.41) is 15.1. The molecular weight excluding hydrogens is 362 g/mol. The highest BCUT2D eigenvalue weighted by Gasteiger charge is 2.11. The standard InChI is InChI=1S/C19H21N5O2S/c1-14(2)12-24-19(21-22-23-24)27-13-18(25)20-15-7-6-10-17(11-15)26-16-8-4-3-5-9-16/h3-11,14H,12-13H2,1-2H3,(H,20,25). The number of para-hydroxylation sites is 1. The molecule has 7 nitrogen and oxygen atoms in total. The fourth-order valence-corrected chi connectivity index (χ4v) is 3.04. The number of tetrazole rings is 1. The van der Waals surface area contributed by atoms with Crippen molar-refractivity contribution < 1.29 is 9.53 Å². The number of thioether (sulfide) groups is 1. The molecule has 2 aromatic carbocycles. The van der Waals surface area contributed by atoms with Gasteiger partial charge in [0, 0.05) is 18.3 Å². The fourth-order valence-electron chi connectivity index (χ4n) is 2.35. The van der Waals surface area contributed by atoms with E-state index in [4.69, 9.17) is 4.74 Å². The first-order chi connectivity index (χ1) is 13.1. The molecule has 3 aromatic rings. The second-order valence-corrected chi connectivity index (χ2v) is 7.26. The minimum Gasteiger partial charge on any atom is -0.457 e. The number of rotatable bonds is 8. The van der Waals surface area contributed by atoms with Crippen LogP contribution in [0.2, 0.25) is 0 Å². The number of benzene rings is 2. The number of carbonyl (C=O) groups excluding carboxylic acids is 1. The Bertz CT molecular complexity index is 883. The summed E-state index contributed by atoms with van der Waals surface area (Å²) in [7, 11) is 0. The number of carbonyl (C=O) groups is 1. The van der Waals surface area contributed by atoms with Crippen molar-refractivity contribution in [2.45, 2.75) is 25.5 Å². The predicted octanol–water partition coefficient (Wildman–Crippen LogP) is 3.85. The average Bonchev–Trinajstić information content (AvgIpc) is 3.07. The Kier molecular flexibility index (Phi) is 6.43. The third-order valence-corrected chi connectivity index (χ3v) is 4.42. The van der Waals surface area contributed by atoms with Gasteiger partial charge in [-0.15, -0.1) is 5.10 Å². The molecule has 0 saturated carbocycles. The summed E-state index contributed by atoms with van der Waals surface area (Å²) in [6, 6.07) is 16.8. The van der Waals surface area contributed by atoms with Gasteiger partial charge >= 0.3 is 0 Å². The lowest BCUT2D eigenvalue weighted by Gasteiger charge is -2.09. The minimum atomic E-state index is -0.129. The lowest BCUT2D eigenvalue weighted by atomic mass is 10.2. The number of hydrogen-bond acceptors (Lipinski definition) is 6. The molecule has 0 bridgehead atoms. The quantitative estimate of drug-likeness (QED) is 0.595. The van der Waals surface area contributed by atoms with Gasteiger partial charge in [-0.3, -0.25) is 4.79 Å². The summed E-state index contributed by atoms with van der Waals surface area (Å²) >= 11 is 1.31. The maximum atomic E-state index is 12.3. The summed E-state index contributed by atoms with van der Waals surface area (Å²) in [6.07, 6.45) is 0. The molecule has 27 heavy (non-hydrogen) atoms. The summed E-state index contributed by atoms with van der Waals surface area (Å²) < 4.78 is 7.50. The van der Waals surface area contributed by atoms with Gasteiger partial charge in [0.15, 0.2) is 0 Å². The van der Waals surface area contributed by atoms with Crippen molar-refractivity contribution in [2.75, 3.05) is 11.1 Å².